The van der Waals surface area contributed by atoms with Crippen LogP contribution in [0.2, 0.25) is 0 Å². The lowest BCUT2D eigenvalue weighted by molar-refractivity contribution is -0.144. The number of carboxylic acids is 1. The van der Waals surface area contributed by atoms with Crippen molar-refractivity contribution in [1.82, 2.24) is 9.80 Å². The van der Waals surface area contributed by atoms with E-state index in [2.05, 4.69) is 30.7 Å². The molecule has 0 aromatic heterocycles. The largest absolute Gasteiger partial charge is 0.481 e. The van der Waals surface area contributed by atoms with Crippen molar-refractivity contribution in [3.63, 3.8) is 0 Å². The van der Waals surface area contributed by atoms with Crippen molar-refractivity contribution < 1.29 is 15.0 Å². The first-order chi connectivity index (χ1) is 9.91. The number of likely N-dealkylation sites (tertiary alicyclic amines) is 1. The van der Waals surface area contributed by atoms with Gasteiger partial charge in [0, 0.05) is 18.1 Å². The fourth-order valence-corrected chi connectivity index (χ4v) is 3.84. The maximum Gasteiger partial charge on any atom is 0.306 e. The molecule has 2 aliphatic rings. The molecule has 21 heavy (non-hydrogen) atoms. The summed E-state index contributed by atoms with van der Waals surface area (Å²) in [7, 11) is 2.09. The Labute approximate surface area is 127 Å². The number of nitrogens with zero attached hydrogens (tertiary/aromatic N) is 2. The second-order valence-corrected chi connectivity index (χ2v) is 6.96. The molecule has 0 amide bonds. The van der Waals surface area contributed by atoms with Crippen LogP contribution in [-0.2, 0) is 4.79 Å². The molecule has 2 rings (SSSR count). The van der Waals surface area contributed by atoms with Gasteiger partial charge in [-0.05, 0) is 59.7 Å². The van der Waals surface area contributed by atoms with Gasteiger partial charge in [0.1, 0.15) is 0 Å². The van der Waals surface area contributed by atoms with Crippen molar-refractivity contribution in [3.8, 4) is 0 Å². The fraction of sp³-hybridized carbons (Fsp3) is 0.938. The molecular weight excluding hydrogens is 268 g/mol. The van der Waals surface area contributed by atoms with Gasteiger partial charge in [-0.1, -0.05) is 6.42 Å². The number of hydrogen-bond donors (Lipinski definition) is 2. The van der Waals surface area contributed by atoms with E-state index in [1.807, 2.05) is 0 Å². The van der Waals surface area contributed by atoms with Crippen LogP contribution < -0.4 is 0 Å². The highest BCUT2D eigenvalue weighted by molar-refractivity contribution is 5.70. The second kappa shape index (κ2) is 7.07. The van der Waals surface area contributed by atoms with Gasteiger partial charge in [-0.25, -0.2) is 0 Å². The van der Waals surface area contributed by atoms with Crippen molar-refractivity contribution in [2.24, 2.45) is 5.92 Å². The Kier molecular flexibility index (Phi) is 5.63. The summed E-state index contributed by atoms with van der Waals surface area (Å²) in [6.07, 6.45) is 4.32. The molecule has 0 aromatic rings. The van der Waals surface area contributed by atoms with E-state index in [4.69, 9.17) is 5.11 Å². The van der Waals surface area contributed by atoms with Crippen LogP contribution in [0.15, 0.2) is 0 Å². The number of aliphatic carboxylic acids is 1. The molecule has 1 heterocycles. The summed E-state index contributed by atoms with van der Waals surface area (Å²) in [5.41, 5.74) is 0. The number of rotatable bonds is 4. The van der Waals surface area contributed by atoms with Crippen molar-refractivity contribution in [3.05, 3.63) is 0 Å². The van der Waals surface area contributed by atoms with Gasteiger partial charge >= 0.3 is 5.97 Å². The SMILES string of the molecule is CC(C)N(C)[C@@H]1CCC[C@H](N2CCC(C(=O)O)CC2)[C@H]1O. The van der Waals surface area contributed by atoms with Crippen LogP contribution in [0.3, 0.4) is 0 Å². The summed E-state index contributed by atoms with van der Waals surface area (Å²) in [6.45, 7) is 5.93. The zero-order chi connectivity index (χ0) is 15.6. The van der Waals surface area contributed by atoms with Gasteiger partial charge in [-0.15, -0.1) is 0 Å². The van der Waals surface area contributed by atoms with E-state index in [0.29, 0.717) is 18.9 Å². The maximum absolute atomic E-state index is 11.0. The van der Waals surface area contributed by atoms with Crippen LogP contribution in [-0.4, -0.2) is 70.3 Å². The Morgan fingerprint density at radius 2 is 1.81 bits per heavy atom. The van der Waals surface area contributed by atoms with E-state index < -0.39 is 5.97 Å². The van der Waals surface area contributed by atoms with Gasteiger partial charge in [0.05, 0.1) is 12.0 Å². The number of aliphatic hydroxyl groups is 1. The first-order valence-electron chi connectivity index (χ1n) is 8.28. The van der Waals surface area contributed by atoms with Crippen molar-refractivity contribution in [2.45, 2.75) is 70.2 Å². The second-order valence-electron chi connectivity index (χ2n) is 6.96. The lowest BCUT2D eigenvalue weighted by Gasteiger charge is -2.47. The van der Waals surface area contributed by atoms with E-state index in [-0.39, 0.29) is 24.1 Å². The van der Waals surface area contributed by atoms with Gasteiger partial charge in [-0.3, -0.25) is 14.6 Å². The quantitative estimate of drug-likeness (QED) is 0.821. The zero-order valence-electron chi connectivity index (χ0n) is 13.5. The Bertz CT molecular complexity index is 353. The molecule has 1 aliphatic heterocycles. The summed E-state index contributed by atoms with van der Waals surface area (Å²) in [4.78, 5) is 15.6. The maximum atomic E-state index is 11.0. The van der Waals surface area contributed by atoms with E-state index in [1.165, 1.54) is 0 Å². The monoisotopic (exact) mass is 298 g/mol. The molecule has 1 saturated heterocycles. The number of carboxylic acid groups (broad SMARTS) is 1. The molecular formula is C16H30N2O3. The van der Waals surface area contributed by atoms with Gasteiger partial charge in [-0.2, -0.15) is 0 Å². The van der Waals surface area contributed by atoms with E-state index in [1.54, 1.807) is 0 Å². The first kappa shape index (κ1) is 16.7. The van der Waals surface area contributed by atoms with Crippen LogP contribution in [0.5, 0.6) is 0 Å². The molecule has 0 bridgehead atoms. The standard InChI is InChI=1S/C16H30N2O3/c1-11(2)17(3)13-5-4-6-14(15(13)19)18-9-7-12(8-10-18)16(20)21/h11-15,19H,4-10H2,1-3H3,(H,20,21)/t13-,14+,15+/m1/s1. The first-order valence-corrected chi connectivity index (χ1v) is 8.28. The Morgan fingerprint density at radius 1 is 1.19 bits per heavy atom. The van der Waals surface area contributed by atoms with Crippen LogP contribution in [0.1, 0.15) is 46.0 Å². The Morgan fingerprint density at radius 3 is 2.33 bits per heavy atom. The van der Waals surface area contributed by atoms with Crippen LogP contribution in [0.25, 0.3) is 0 Å². The number of piperidine rings is 1. The van der Waals surface area contributed by atoms with Crippen LogP contribution in [0.4, 0.5) is 0 Å². The summed E-state index contributed by atoms with van der Waals surface area (Å²) in [6, 6.07) is 0.849. The Hall–Kier alpha value is -0.650. The molecule has 0 unspecified atom stereocenters. The lowest BCUT2D eigenvalue weighted by atomic mass is 9.84. The summed E-state index contributed by atoms with van der Waals surface area (Å²) in [5.74, 6) is -0.868. The zero-order valence-corrected chi connectivity index (χ0v) is 13.5. The summed E-state index contributed by atoms with van der Waals surface area (Å²) >= 11 is 0. The van der Waals surface area contributed by atoms with E-state index in [0.717, 1.165) is 32.4 Å². The lowest BCUT2D eigenvalue weighted by Crippen LogP contribution is -2.58. The average molecular weight is 298 g/mol. The average Bonchev–Trinajstić information content (AvgIpc) is 2.47. The molecule has 0 aromatic carbocycles. The van der Waals surface area contributed by atoms with Gasteiger partial charge in [0.15, 0.2) is 0 Å². The number of likely N-dealkylation sites (N-methyl/N-ethyl adjacent to an activating group) is 1. The minimum Gasteiger partial charge on any atom is -0.481 e. The predicted molar refractivity (Wildman–Crippen MR) is 82.3 cm³/mol. The molecule has 0 spiro atoms. The predicted octanol–water partition coefficient (Wildman–Crippen LogP) is 1.41. The molecule has 5 nitrogen and oxygen atoms in total. The highest BCUT2D eigenvalue weighted by Crippen LogP contribution is 2.30. The van der Waals surface area contributed by atoms with E-state index in [9.17, 15) is 9.90 Å². The normalized spacial score (nSPS) is 32.8. The number of carbonyl (C=O) groups is 1. The molecule has 3 atom stereocenters. The molecule has 2 N–H and O–H groups in total. The Balaban J connectivity index is 1.95. The van der Waals surface area contributed by atoms with Crippen molar-refractivity contribution in [2.75, 3.05) is 20.1 Å². The van der Waals surface area contributed by atoms with Gasteiger partial charge < -0.3 is 10.2 Å². The van der Waals surface area contributed by atoms with Crippen LogP contribution >= 0.6 is 0 Å². The number of hydrogen-bond acceptors (Lipinski definition) is 4. The minimum absolute atomic E-state index is 0.194. The molecule has 2 fully saturated rings. The third kappa shape index (κ3) is 3.76. The van der Waals surface area contributed by atoms with Crippen LogP contribution in [0, 0.1) is 5.92 Å². The molecule has 1 saturated carbocycles. The summed E-state index contributed by atoms with van der Waals surface area (Å²) < 4.78 is 0. The van der Waals surface area contributed by atoms with Gasteiger partial charge in [0.2, 0.25) is 0 Å². The minimum atomic E-state index is -0.670. The van der Waals surface area contributed by atoms with E-state index >= 15 is 0 Å². The topological polar surface area (TPSA) is 64.0 Å². The third-order valence-electron chi connectivity index (χ3n) is 5.47. The van der Waals surface area contributed by atoms with Crippen molar-refractivity contribution in [1.29, 1.82) is 0 Å². The smallest absolute Gasteiger partial charge is 0.306 e. The van der Waals surface area contributed by atoms with Crippen molar-refractivity contribution >= 4 is 5.97 Å². The molecule has 0 radical (unpaired) electrons. The molecule has 5 heteroatoms. The highest BCUT2D eigenvalue weighted by Gasteiger charge is 2.39. The summed E-state index contributed by atoms with van der Waals surface area (Å²) in [5, 5.41) is 19.9. The van der Waals surface area contributed by atoms with Gasteiger partial charge in [0.25, 0.3) is 0 Å². The molecule has 1 aliphatic carbocycles. The fourth-order valence-electron chi connectivity index (χ4n) is 3.84. The molecule has 122 valence electrons. The highest BCUT2D eigenvalue weighted by atomic mass is 16.4. The third-order valence-corrected chi connectivity index (χ3v) is 5.47. The number of aliphatic hydroxyl groups excluding tert-OH is 1.